The zero-order valence-corrected chi connectivity index (χ0v) is 13.7. The average molecular weight is 327 g/mol. The predicted molar refractivity (Wildman–Crippen MR) is 86.4 cm³/mol. The van der Waals surface area contributed by atoms with Crippen LogP contribution < -0.4 is 15.2 Å². The van der Waals surface area contributed by atoms with Crippen LogP contribution in [0.2, 0.25) is 5.02 Å². The Hall–Kier alpha value is -1.30. The lowest BCUT2D eigenvalue weighted by Gasteiger charge is -2.15. The van der Waals surface area contributed by atoms with Crippen molar-refractivity contribution < 1.29 is 9.47 Å². The van der Waals surface area contributed by atoms with E-state index in [0.717, 1.165) is 24.1 Å². The van der Waals surface area contributed by atoms with Crippen molar-refractivity contribution in [3.05, 3.63) is 39.3 Å². The molecule has 2 rings (SSSR count). The third kappa shape index (κ3) is 4.33. The molecule has 0 radical (unpaired) electrons. The quantitative estimate of drug-likeness (QED) is 0.843. The highest BCUT2D eigenvalue weighted by Gasteiger charge is 2.14. The largest absolute Gasteiger partial charge is 0.493 e. The summed E-state index contributed by atoms with van der Waals surface area (Å²) in [5.41, 5.74) is 9.67. The summed E-state index contributed by atoms with van der Waals surface area (Å²) in [6.45, 7) is 2.43. The number of halogens is 1. The molecule has 2 aromatic rings. The van der Waals surface area contributed by atoms with Crippen molar-refractivity contribution in [3.8, 4) is 11.5 Å². The Kier molecular flexibility index (Phi) is 5.85. The first kappa shape index (κ1) is 16.1. The van der Waals surface area contributed by atoms with E-state index < -0.39 is 0 Å². The van der Waals surface area contributed by atoms with Gasteiger partial charge in [-0.1, -0.05) is 18.5 Å². The van der Waals surface area contributed by atoms with Crippen LogP contribution in [0.3, 0.4) is 0 Å². The number of ether oxygens (including phenoxy) is 2. The van der Waals surface area contributed by atoms with E-state index in [4.69, 9.17) is 26.8 Å². The summed E-state index contributed by atoms with van der Waals surface area (Å²) >= 11 is 7.85. The van der Waals surface area contributed by atoms with Gasteiger partial charge < -0.3 is 15.2 Å². The molecule has 6 heteroatoms. The van der Waals surface area contributed by atoms with E-state index in [1.165, 1.54) is 11.3 Å². The molecule has 21 heavy (non-hydrogen) atoms. The Labute approximate surface area is 133 Å². The number of benzene rings is 1. The van der Waals surface area contributed by atoms with E-state index in [-0.39, 0.29) is 6.04 Å². The molecule has 1 aromatic heterocycles. The molecule has 1 heterocycles. The van der Waals surface area contributed by atoms with Gasteiger partial charge >= 0.3 is 0 Å². The lowest BCUT2D eigenvalue weighted by molar-refractivity contribution is 0.281. The monoisotopic (exact) mass is 326 g/mol. The lowest BCUT2D eigenvalue weighted by Crippen LogP contribution is -2.21. The molecule has 0 fully saturated rings. The molecular weight excluding hydrogens is 308 g/mol. The summed E-state index contributed by atoms with van der Waals surface area (Å²) < 4.78 is 11.1. The minimum atomic E-state index is 0.118. The van der Waals surface area contributed by atoms with Crippen molar-refractivity contribution in [1.82, 2.24) is 4.98 Å². The predicted octanol–water partition coefficient (Wildman–Crippen LogP) is 3.66. The van der Waals surface area contributed by atoms with Gasteiger partial charge in [-0.15, -0.1) is 11.3 Å². The van der Waals surface area contributed by atoms with Crippen molar-refractivity contribution in [2.75, 3.05) is 7.11 Å². The van der Waals surface area contributed by atoms with Crippen LogP contribution >= 0.6 is 22.9 Å². The first-order valence-corrected chi connectivity index (χ1v) is 8.08. The fourth-order valence-electron chi connectivity index (χ4n) is 1.93. The Balaban J connectivity index is 2.16. The standard InChI is InChI=1S/C15H19ClN2O2S/c1-3-11(17)4-10-5-13(16)15(14(6-10)19-2)20-7-12-8-21-9-18-12/h5-6,8-9,11H,3-4,7,17H2,1-2H3. The molecule has 0 saturated heterocycles. The number of methoxy groups -OCH3 is 1. The van der Waals surface area contributed by atoms with Crippen molar-refractivity contribution >= 4 is 22.9 Å². The number of thiazole rings is 1. The van der Waals surface area contributed by atoms with Crippen LogP contribution in [0.1, 0.15) is 24.6 Å². The molecule has 1 atom stereocenters. The normalized spacial score (nSPS) is 12.2. The molecule has 0 saturated carbocycles. The van der Waals surface area contributed by atoms with E-state index in [2.05, 4.69) is 11.9 Å². The van der Waals surface area contributed by atoms with E-state index in [0.29, 0.717) is 23.1 Å². The summed E-state index contributed by atoms with van der Waals surface area (Å²) in [5.74, 6) is 1.16. The minimum absolute atomic E-state index is 0.118. The fraction of sp³-hybridized carbons (Fsp3) is 0.400. The van der Waals surface area contributed by atoms with Crippen LogP contribution in [-0.2, 0) is 13.0 Å². The molecule has 0 aliphatic carbocycles. The van der Waals surface area contributed by atoms with Crippen molar-refractivity contribution in [3.63, 3.8) is 0 Å². The van der Waals surface area contributed by atoms with Crippen LogP contribution in [0.5, 0.6) is 11.5 Å². The van der Waals surface area contributed by atoms with Crippen LogP contribution in [0.4, 0.5) is 0 Å². The van der Waals surface area contributed by atoms with Gasteiger partial charge in [0.2, 0.25) is 0 Å². The van der Waals surface area contributed by atoms with Gasteiger partial charge in [0.15, 0.2) is 11.5 Å². The van der Waals surface area contributed by atoms with Gasteiger partial charge in [0.1, 0.15) is 6.61 Å². The maximum Gasteiger partial charge on any atom is 0.180 e. The molecule has 1 unspecified atom stereocenters. The Morgan fingerprint density at radius 1 is 1.43 bits per heavy atom. The Morgan fingerprint density at radius 3 is 2.86 bits per heavy atom. The van der Waals surface area contributed by atoms with Gasteiger partial charge in [-0.3, -0.25) is 0 Å². The Bertz CT molecular complexity index is 575. The zero-order valence-electron chi connectivity index (χ0n) is 12.1. The smallest absolute Gasteiger partial charge is 0.180 e. The second-order valence-corrected chi connectivity index (χ2v) is 5.88. The van der Waals surface area contributed by atoms with E-state index >= 15 is 0 Å². The highest BCUT2D eigenvalue weighted by Crippen LogP contribution is 2.37. The molecule has 0 aliphatic heterocycles. The number of nitrogens with two attached hydrogens (primary N) is 1. The van der Waals surface area contributed by atoms with Crippen molar-refractivity contribution in [1.29, 1.82) is 0 Å². The van der Waals surface area contributed by atoms with Gasteiger partial charge in [-0.25, -0.2) is 4.98 Å². The number of hydrogen-bond donors (Lipinski definition) is 1. The first-order valence-electron chi connectivity index (χ1n) is 6.75. The lowest BCUT2D eigenvalue weighted by atomic mass is 10.0. The van der Waals surface area contributed by atoms with Gasteiger partial charge in [0, 0.05) is 11.4 Å². The number of aromatic nitrogens is 1. The first-order chi connectivity index (χ1) is 10.1. The number of rotatable bonds is 7. The summed E-state index contributed by atoms with van der Waals surface area (Å²) in [7, 11) is 1.60. The molecule has 0 amide bonds. The second kappa shape index (κ2) is 7.64. The Morgan fingerprint density at radius 2 is 2.24 bits per heavy atom. The topological polar surface area (TPSA) is 57.4 Å². The van der Waals surface area contributed by atoms with Gasteiger partial charge in [0.25, 0.3) is 0 Å². The van der Waals surface area contributed by atoms with Gasteiger partial charge in [0.05, 0.1) is 23.3 Å². The molecule has 2 N–H and O–H groups in total. The maximum absolute atomic E-state index is 6.32. The summed E-state index contributed by atoms with van der Waals surface area (Å²) in [6, 6.07) is 3.93. The summed E-state index contributed by atoms with van der Waals surface area (Å²) in [5, 5.41) is 2.47. The zero-order chi connectivity index (χ0) is 15.2. The summed E-state index contributed by atoms with van der Waals surface area (Å²) in [4.78, 5) is 4.18. The molecule has 0 bridgehead atoms. The second-order valence-electron chi connectivity index (χ2n) is 4.75. The van der Waals surface area contributed by atoms with Crippen LogP contribution in [0.15, 0.2) is 23.0 Å². The highest BCUT2D eigenvalue weighted by molar-refractivity contribution is 7.07. The van der Waals surface area contributed by atoms with E-state index in [1.54, 1.807) is 12.6 Å². The average Bonchev–Trinajstić information content (AvgIpc) is 2.98. The number of hydrogen-bond acceptors (Lipinski definition) is 5. The van der Waals surface area contributed by atoms with E-state index in [9.17, 15) is 0 Å². The molecule has 1 aromatic carbocycles. The third-order valence-corrected chi connectivity index (χ3v) is 4.08. The van der Waals surface area contributed by atoms with Crippen LogP contribution in [0, 0.1) is 0 Å². The molecule has 114 valence electrons. The van der Waals surface area contributed by atoms with Gasteiger partial charge in [-0.05, 0) is 30.5 Å². The maximum atomic E-state index is 6.32. The van der Waals surface area contributed by atoms with Gasteiger partial charge in [-0.2, -0.15) is 0 Å². The third-order valence-electron chi connectivity index (χ3n) is 3.16. The fourth-order valence-corrected chi connectivity index (χ4v) is 2.76. The van der Waals surface area contributed by atoms with E-state index in [1.807, 2.05) is 17.5 Å². The van der Waals surface area contributed by atoms with Crippen LogP contribution in [-0.4, -0.2) is 18.1 Å². The van der Waals surface area contributed by atoms with Crippen molar-refractivity contribution in [2.45, 2.75) is 32.4 Å². The van der Waals surface area contributed by atoms with Crippen molar-refractivity contribution in [2.24, 2.45) is 5.73 Å². The van der Waals surface area contributed by atoms with Crippen LogP contribution in [0.25, 0.3) is 0 Å². The molecule has 0 aliphatic rings. The molecular formula is C15H19ClN2O2S. The molecule has 0 spiro atoms. The SMILES string of the molecule is CCC(N)Cc1cc(Cl)c(OCc2cscn2)c(OC)c1. The minimum Gasteiger partial charge on any atom is -0.493 e. The summed E-state index contributed by atoms with van der Waals surface area (Å²) in [6.07, 6.45) is 1.68. The highest BCUT2D eigenvalue weighted by atomic mass is 35.5. The molecule has 4 nitrogen and oxygen atoms in total. The number of nitrogens with zero attached hydrogens (tertiary/aromatic N) is 1.